The molecule has 0 aromatic heterocycles. The van der Waals surface area contributed by atoms with Crippen LogP contribution in [0.1, 0.15) is 0 Å². The van der Waals surface area contributed by atoms with Gasteiger partial charge >= 0.3 is 0 Å². The molecule has 4 heteroatoms. The molecule has 0 amide bonds. The van der Waals surface area contributed by atoms with E-state index in [0.29, 0.717) is 0 Å². The Morgan fingerprint density at radius 1 is 1.14 bits per heavy atom. The van der Waals surface area contributed by atoms with Gasteiger partial charge < -0.3 is 20.1 Å². The van der Waals surface area contributed by atoms with Gasteiger partial charge in [-0.3, -0.25) is 0 Å². The first-order valence-corrected chi connectivity index (χ1v) is 4.42. The van der Waals surface area contributed by atoms with Crippen molar-refractivity contribution in [3.63, 3.8) is 0 Å². The highest BCUT2D eigenvalue weighted by atomic mass is 16.5. The maximum atomic E-state index is 5.17. The Morgan fingerprint density at radius 3 is 2.43 bits per heavy atom. The molecule has 1 aromatic carbocycles. The van der Waals surface area contributed by atoms with E-state index in [-0.39, 0.29) is 0 Å². The van der Waals surface area contributed by atoms with Crippen LogP contribution in [0.25, 0.3) is 0 Å². The van der Waals surface area contributed by atoms with Crippen LogP contribution in [0.5, 0.6) is 11.5 Å². The summed E-state index contributed by atoms with van der Waals surface area (Å²) in [5, 5.41) is 6.17. The lowest BCUT2D eigenvalue weighted by Crippen LogP contribution is -2.16. The van der Waals surface area contributed by atoms with Crippen molar-refractivity contribution in [3.05, 3.63) is 18.2 Å². The predicted octanol–water partition coefficient (Wildman–Crippen LogP) is 1.29. The van der Waals surface area contributed by atoms with E-state index in [1.165, 1.54) is 0 Å². The number of nitrogens with one attached hydrogen (secondary N) is 2. The van der Waals surface area contributed by atoms with E-state index in [0.717, 1.165) is 23.9 Å². The van der Waals surface area contributed by atoms with Crippen molar-refractivity contribution in [1.29, 1.82) is 0 Å². The zero-order valence-electron chi connectivity index (χ0n) is 8.76. The van der Waals surface area contributed by atoms with Crippen molar-refractivity contribution < 1.29 is 9.47 Å². The summed E-state index contributed by atoms with van der Waals surface area (Å²) in [6, 6.07) is 5.71. The molecule has 1 rings (SSSR count). The maximum Gasteiger partial charge on any atom is 0.162 e. The Kier molecular flexibility index (Phi) is 4.07. The highest BCUT2D eigenvalue weighted by Gasteiger charge is 2.03. The minimum absolute atomic E-state index is 0.718. The molecule has 0 heterocycles. The largest absolute Gasteiger partial charge is 0.493 e. The van der Waals surface area contributed by atoms with Gasteiger partial charge in [-0.15, -0.1) is 0 Å². The molecule has 0 fully saturated rings. The zero-order chi connectivity index (χ0) is 10.4. The molecule has 0 aliphatic rings. The molecule has 0 saturated heterocycles. The van der Waals surface area contributed by atoms with Gasteiger partial charge in [0.15, 0.2) is 11.5 Å². The molecule has 0 aliphatic heterocycles. The summed E-state index contributed by atoms with van der Waals surface area (Å²) in [4.78, 5) is 0. The number of hydrogen-bond acceptors (Lipinski definition) is 4. The number of anilines is 1. The van der Waals surface area contributed by atoms with E-state index in [4.69, 9.17) is 9.47 Å². The molecule has 2 N–H and O–H groups in total. The minimum Gasteiger partial charge on any atom is -0.493 e. The Balaban J connectivity index is 2.79. The fourth-order valence-electron chi connectivity index (χ4n) is 1.14. The zero-order valence-corrected chi connectivity index (χ0v) is 8.76. The molecule has 0 saturated carbocycles. The van der Waals surface area contributed by atoms with Gasteiger partial charge in [-0.05, 0) is 19.2 Å². The molecule has 0 bridgehead atoms. The quantitative estimate of drug-likeness (QED) is 0.696. The standard InChI is InChI=1S/C10H16N2O2/c1-11-7-12-8-4-5-9(13-2)10(6-8)14-3/h4-6,11-12H,7H2,1-3H3. The van der Waals surface area contributed by atoms with Gasteiger partial charge in [-0.25, -0.2) is 0 Å². The first-order valence-electron chi connectivity index (χ1n) is 4.42. The van der Waals surface area contributed by atoms with Gasteiger partial charge in [-0.2, -0.15) is 0 Å². The summed E-state index contributed by atoms with van der Waals surface area (Å²) in [7, 11) is 5.13. The van der Waals surface area contributed by atoms with E-state index in [2.05, 4.69) is 10.6 Å². The van der Waals surface area contributed by atoms with E-state index in [1.54, 1.807) is 14.2 Å². The lowest BCUT2D eigenvalue weighted by atomic mass is 10.3. The first-order chi connectivity index (χ1) is 6.81. The smallest absolute Gasteiger partial charge is 0.162 e. The van der Waals surface area contributed by atoms with E-state index < -0.39 is 0 Å². The van der Waals surface area contributed by atoms with Crippen LogP contribution in [0, 0.1) is 0 Å². The monoisotopic (exact) mass is 196 g/mol. The van der Waals surface area contributed by atoms with Crippen LogP contribution < -0.4 is 20.1 Å². The fourth-order valence-corrected chi connectivity index (χ4v) is 1.14. The SMILES string of the molecule is CNCNc1ccc(OC)c(OC)c1. The van der Waals surface area contributed by atoms with Gasteiger partial charge in [0.1, 0.15) is 0 Å². The Bertz CT molecular complexity index is 289. The first kappa shape index (κ1) is 10.7. The second kappa shape index (κ2) is 5.34. The van der Waals surface area contributed by atoms with Gasteiger partial charge in [0.2, 0.25) is 0 Å². The number of ether oxygens (including phenoxy) is 2. The van der Waals surface area contributed by atoms with E-state index in [1.807, 2.05) is 25.2 Å². The summed E-state index contributed by atoms with van der Waals surface area (Å²) in [6.07, 6.45) is 0. The van der Waals surface area contributed by atoms with E-state index >= 15 is 0 Å². The molecule has 0 spiro atoms. The number of methoxy groups -OCH3 is 2. The number of benzene rings is 1. The normalized spacial score (nSPS) is 9.64. The van der Waals surface area contributed by atoms with Gasteiger partial charge in [0.05, 0.1) is 20.9 Å². The third-order valence-corrected chi connectivity index (χ3v) is 1.85. The lowest BCUT2D eigenvalue weighted by molar-refractivity contribution is 0.355. The second-order valence-corrected chi connectivity index (χ2v) is 2.78. The van der Waals surface area contributed by atoms with Crippen LogP contribution in [0.2, 0.25) is 0 Å². The molecule has 4 nitrogen and oxygen atoms in total. The Hall–Kier alpha value is -1.42. The predicted molar refractivity (Wildman–Crippen MR) is 57.1 cm³/mol. The van der Waals surface area contributed by atoms with Crippen LogP contribution in [-0.4, -0.2) is 27.9 Å². The molecule has 78 valence electrons. The third-order valence-electron chi connectivity index (χ3n) is 1.85. The molecule has 0 radical (unpaired) electrons. The van der Waals surface area contributed by atoms with Crippen LogP contribution in [0.4, 0.5) is 5.69 Å². The molecule has 0 atom stereocenters. The lowest BCUT2D eigenvalue weighted by Gasteiger charge is -2.10. The molecule has 0 unspecified atom stereocenters. The summed E-state index contributed by atoms with van der Waals surface area (Å²) in [6.45, 7) is 0.718. The minimum atomic E-state index is 0.718. The highest BCUT2D eigenvalue weighted by molar-refractivity contribution is 5.54. The molecular formula is C10H16N2O2. The van der Waals surface area contributed by atoms with Crippen molar-refractivity contribution in [2.45, 2.75) is 0 Å². The van der Waals surface area contributed by atoms with Crippen LogP contribution in [-0.2, 0) is 0 Å². The average molecular weight is 196 g/mol. The summed E-state index contributed by atoms with van der Waals surface area (Å²) < 4.78 is 10.3. The maximum absolute atomic E-state index is 5.17. The fraction of sp³-hybridized carbons (Fsp3) is 0.400. The Labute approximate surface area is 84.2 Å². The molecule has 1 aromatic rings. The molecular weight excluding hydrogens is 180 g/mol. The van der Waals surface area contributed by atoms with Crippen LogP contribution in [0.15, 0.2) is 18.2 Å². The molecule has 14 heavy (non-hydrogen) atoms. The van der Waals surface area contributed by atoms with Crippen molar-refractivity contribution >= 4 is 5.69 Å². The third kappa shape index (κ3) is 2.53. The second-order valence-electron chi connectivity index (χ2n) is 2.78. The topological polar surface area (TPSA) is 42.5 Å². The van der Waals surface area contributed by atoms with Gasteiger partial charge in [0, 0.05) is 11.8 Å². The molecule has 0 aliphatic carbocycles. The van der Waals surface area contributed by atoms with Crippen LogP contribution >= 0.6 is 0 Å². The van der Waals surface area contributed by atoms with Crippen molar-refractivity contribution in [2.75, 3.05) is 33.3 Å². The number of hydrogen-bond donors (Lipinski definition) is 2. The van der Waals surface area contributed by atoms with Gasteiger partial charge in [0.25, 0.3) is 0 Å². The van der Waals surface area contributed by atoms with Crippen molar-refractivity contribution in [2.24, 2.45) is 0 Å². The Morgan fingerprint density at radius 2 is 1.86 bits per heavy atom. The average Bonchev–Trinajstić information content (AvgIpc) is 2.25. The summed E-state index contributed by atoms with van der Waals surface area (Å²) in [5.74, 6) is 1.47. The van der Waals surface area contributed by atoms with Gasteiger partial charge in [-0.1, -0.05) is 0 Å². The van der Waals surface area contributed by atoms with Crippen molar-refractivity contribution in [3.8, 4) is 11.5 Å². The highest BCUT2D eigenvalue weighted by Crippen LogP contribution is 2.29. The summed E-state index contributed by atoms with van der Waals surface area (Å²) in [5.41, 5.74) is 0.997. The summed E-state index contributed by atoms with van der Waals surface area (Å²) >= 11 is 0. The number of rotatable bonds is 5. The van der Waals surface area contributed by atoms with Crippen LogP contribution in [0.3, 0.4) is 0 Å². The van der Waals surface area contributed by atoms with Crippen molar-refractivity contribution in [1.82, 2.24) is 5.32 Å². The van der Waals surface area contributed by atoms with E-state index in [9.17, 15) is 0 Å².